The van der Waals surface area contributed by atoms with Crippen molar-refractivity contribution in [2.75, 3.05) is 13.1 Å². The number of amides is 1. The van der Waals surface area contributed by atoms with Crippen LogP contribution in [0.15, 0.2) is 22.7 Å². The fourth-order valence-electron chi connectivity index (χ4n) is 3.96. The molecule has 1 saturated carbocycles. The zero-order chi connectivity index (χ0) is 16.6. The van der Waals surface area contributed by atoms with Crippen molar-refractivity contribution >= 4 is 27.8 Å². The molecule has 0 bridgehead atoms. The van der Waals surface area contributed by atoms with Crippen molar-refractivity contribution in [3.05, 3.63) is 34.1 Å². The number of halogens is 2. The number of nitrogens with zero attached hydrogens (tertiary/aromatic N) is 1. The molecule has 1 N–H and O–H groups in total. The number of benzene rings is 1. The Kier molecular flexibility index (Phi) is 4.45. The summed E-state index contributed by atoms with van der Waals surface area (Å²) in [5.74, 6) is -1.07. The van der Waals surface area contributed by atoms with Crippen LogP contribution in [0.5, 0.6) is 0 Å². The quantitative estimate of drug-likeness (QED) is 0.867. The lowest BCUT2D eigenvalue weighted by atomic mass is 9.81. The van der Waals surface area contributed by atoms with Gasteiger partial charge >= 0.3 is 5.97 Å². The number of hydrogen-bond acceptors (Lipinski definition) is 2. The molecule has 1 amide bonds. The highest BCUT2D eigenvalue weighted by atomic mass is 79.9. The van der Waals surface area contributed by atoms with Crippen LogP contribution in [0.1, 0.15) is 31.2 Å². The summed E-state index contributed by atoms with van der Waals surface area (Å²) < 4.78 is 14.1. The van der Waals surface area contributed by atoms with Crippen LogP contribution in [-0.4, -0.2) is 35.0 Å². The van der Waals surface area contributed by atoms with E-state index in [9.17, 15) is 19.1 Å². The first-order valence-electron chi connectivity index (χ1n) is 7.87. The van der Waals surface area contributed by atoms with Crippen molar-refractivity contribution < 1.29 is 19.1 Å². The van der Waals surface area contributed by atoms with Crippen LogP contribution in [-0.2, 0) is 16.0 Å². The molecule has 0 spiro atoms. The van der Waals surface area contributed by atoms with Crippen molar-refractivity contribution in [3.8, 4) is 0 Å². The van der Waals surface area contributed by atoms with Gasteiger partial charge in [0.15, 0.2) is 0 Å². The predicted octanol–water partition coefficient (Wildman–Crippen LogP) is 3.23. The van der Waals surface area contributed by atoms with Gasteiger partial charge in [-0.2, -0.15) is 0 Å². The summed E-state index contributed by atoms with van der Waals surface area (Å²) in [5, 5.41) is 9.56. The molecule has 1 aliphatic heterocycles. The highest BCUT2D eigenvalue weighted by molar-refractivity contribution is 9.10. The van der Waals surface area contributed by atoms with Gasteiger partial charge < -0.3 is 10.0 Å². The van der Waals surface area contributed by atoms with Gasteiger partial charge in [0.25, 0.3) is 0 Å². The van der Waals surface area contributed by atoms with Crippen molar-refractivity contribution in [3.63, 3.8) is 0 Å². The number of likely N-dealkylation sites (tertiary alicyclic amines) is 1. The first-order chi connectivity index (χ1) is 10.9. The van der Waals surface area contributed by atoms with Crippen LogP contribution in [0.2, 0.25) is 0 Å². The SMILES string of the molecule is O=C(CCc1cc(F)ccc1Br)N1C[C@@H]2CCC[C@@]2(C(=O)O)C1. The summed E-state index contributed by atoms with van der Waals surface area (Å²) in [6, 6.07) is 4.43. The third-order valence-electron chi connectivity index (χ3n) is 5.27. The van der Waals surface area contributed by atoms with Crippen LogP contribution < -0.4 is 0 Å². The Morgan fingerprint density at radius 2 is 2.22 bits per heavy atom. The first-order valence-corrected chi connectivity index (χ1v) is 8.67. The Bertz CT molecular complexity index is 651. The summed E-state index contributed by atoms with van der Waals surface area (Å²) >= 11 is 3.36. The molecule has 2 fully saturated rings. The van der Waals surface area contributed by atoms with E-state index in [0.29, 0.717) is 25.9 Å². The normalized spacial score (nSPS) is 26.3. The summed E-state index contributed by atoms with van der Waals surface area (Å²) in [4.78, 5) is 25.8. The maximum Gasteiger partial charge on any atom is 0.311 e. The number of rotatable bonds is 4. The van der Waals surface area contributed by atoms with E-state index in [1.54, 1.807) is 11.0 Å². The van der Waals surface area contributed by atoms with Crippen LogP contribution in [0.4, 0.5) is 4.39 Å². The van der Waals surface area contributed by atoms with Gasteiger partial charge in [0, 0.05) is 24.0 Å². The van der Waals surface area contributed by atoms with E-state index in [1.165, 1.54) is 12.1 Å². The fourth-order valence-corrected chi connectivity index (χ4v) is 4.41. The molecule has 0 unspecified atom stereocenters. The molecule has 3 rings (SSSR count). The number of hydrogen-bond donors (Lipinski definition) is 1. The Balaban J connectivity index is 1.64. The standard InChI is InChI=1S/C17H19BrFNO3/c18-14-5-4-13(19)8-11(14)3-6-15(21)20-9-12-2-1-7-17(12,10-20)16(22)23/h4-5,8,12H,1-3,6-7,9-10H2,(H,22,23)/t12-,17+/m0/s1. The maximum atomic E-state index is 13.3. The second-order valence-electron chi connectivity index (χ2n) is 6.56. The van der Waals surface area contributed by atoms with E-state index in [0.717, 1.165) is 22.9 Å². The highest BCUT2D eigenvalue weighted by Gasteiger charge is 2.55. The smallest absolute Gasteiger partial charge is 0.311 e. The number of fused-ring (bicyclic) bond motifs is 1. The Morgan fingerprint density at radius 3 is 2.91 bits per heavy atom. The zero-order valence-electron chi connectivity index (χ0n) is 12.7. The lowest BCUT2D eigenvalue weighted by Crippen LogP contribution is -2.37. The van der Waals surface area contributed by atoms with Gasteiger partial charge in [-0.1, -0.05) is 22.4 Å². The number of carboxylic acid groups (broad SMARTS) is 1. The van der Waals surface area contributed by atoms with E-state index < -0.39 is 11.4 Å². The fraction of sp³-hybridized carbons (Fsp3) is 0.529. The molecule has 23 heavy (non-hydrogen) atoms. The lowest BCUT2D eigenvalue weighted by molar-refractivity contribution is -0.149. The van der Waals surface area contributed by atoms with E-state index >= 15 is 0 Å². The minimum Gasteiger partial charge on any atom is -0.481 e. The monoisotopic (exact) mass is 383 g/mol. The summed E-state index contributed by atoms with van der Waals surface area (Å²) in [6.07, 6.45) is 3.18. The summed E-state index contributed by atoms with van der Waals surface area (Å²) in [6.45, 7) is 0.853. The lowest BCUT2D eigenvalue weighted by Gasteiger charge is -2.23. The van der Waals surface area contributed by atoms with Crippen molar-refractivity contribution in [2.24, 2.45) is 11.3 Å². The Hall–Kier alpha value is -1.43. The largest absolute Gasteiger partial charge is 0.481 e. The Labute approximate surface area is 142 Å². The minimum absolute atomic E-state index is 0.0452. The summed E-state index contributed by atoms with van der Waals surface area (Å²) in [7, 11) is 0. The van der Waals surface area contributed by atoms with Gasteiger partial charge in [-0.25, -0.2) is 4.39 Å². The molecule has 0 aromatic heterocycles. The second-order valence-corrected chi connectivity index (χ2v) is 7.41. The molecule has 1 aromatic rings. The third-order valence-corrected chi connectivity index (χ3v) is 6.04. The van der Waals surface area contributed by atoms with E-state index in [4.69, 9.17) is 0 Å². The number of aliphatic carboxylic acids is 1. The number of carbonyl (C=O) groups excluding carboxylic acids is 1. The topological polar surface area (TPSA) is 57.6 Å². The first kappa shape index (κ1) is 16.4. The van der Waals surface area contributed by atoms with Gasteiger partial charge in [0.1, 0.15) is 5.82 Å². The zero-order valence-corrected chi connectivity index (χ0v) is 14.3. The van der Waals surface area contributed by atoms with Crippen LogP contribution in [0, 0.1) is 17.2 Å². The average Bonchev–Trinajstić information content (AvgIpc) is 3.06. The third kappa shape index (κ3) is 3.01. The van der Waals surface area contributed by atoms with Gasteiger partial charge in [0.05, 0.1) is 5.41 Å². The van der Waals surface area contributed by atoms with Gasteiger partial charge in [0.2, 0.25) is 5.91 Å². The van der Waals surface area contributed by atoms with Gasteiger partial charge in [-0.05, 0) is 48.9 Å². The molecule has 0 radical (unpaired) electrons. The van der Waals surface area contributed by atoms with E-state index in [-0.39, 0.29) is 24.1 Å². The molecule has 6 heteroatoms. The van der Waals surface area contributed by atoms with Crippen molar-refractivity contribution in [2.45, 2.75) is 32.1 Å². The number of carboxylic acids is 1. The van der Waals surface area contributed by atoms with Crippen LogP contribution >= 0.6 is 15.9 Å². The molecular weight excluding hydrogens is 365 g/mol. The number of aryl methyl sites for hydroxylation is 1. The van der Waals surface area contributed by atoms with Gasteiger partial charge in [-0.3, -0.25) is 9.59 Å². The van der Waals surface area contributed by atoms with Crippen molar-refractivity contribution in [1.82, 2.24) is 4.90 Å². The van der Waals surface area contributed by atoms with Crippen LogP contribution in [0.25, 0.3) is 0 Å². The molecule has 2 aliphatic rings. The molecule has 1 heterocycles. The van der Waals surface area contributed by atoms with Crippen molar-refractivity contribution in [1.29, 1.82) is 0 Å². The molecule has 4 nitrogen and oxygen atoms in total. The molecule has 1 aliphatic carbocycles. The van der Waals surface area contributed by atoms with Crippen LogP contribution in [0.3, 0.4) is 0 Å². The minimum atomic E-state index is -0.775. The van der Waals surface area contributed by atoms with E-state index in [1.807, 2.05) is 0 Å². The summed E-state index contributed by atoms with van der Waals surface area (Å²) in [5.41, 5.74) is 0.0143. The molecule has 1 aromatic carbocycles. The molecule has 1 saturated heterocycles. The predicted molar refractivity (Wildman–Crippen MR) is 86.4 cm³/mol. The molecule has 124 valence electrons. The Morgan fingerprint density at radius 1 is 1.43 bits per heavy atom. The molecule has 2 atom stereocenters. The maximum absolute atomic E-state index is 13.3. The highest BCUT2D eigenvalue weighted by Crippen LogP contribution is 2.49. The second kappa shape index (κ2) is 6.23. The number of carbonyl (C=O) groups is 2. The van der Waals surface area contributed by atoms with E-state index in [2.05, 4.69) is 15.9 Å². The molecular formula is C17H19BrFNO3. The average molecular weight is 384 g/mol. The van der Waals surface area contributed by atoms with Gasteiger partial charge in [-0.15, -0.1) is 0 Å².